The second-order valence-electron chi connectivity index (χ2n) is 6.97. The van der Waals surface area contributed by atoms with Gasteiger partial charge >= 0.3 is 0 Å². The van der Waals surface area contributed by atoms with Crippen LogP contribution in [0.2, 0.25) is 0 Å². The Hall–Kier alpha value is -2.69. The van der Waals surface area contributed by atoms with E-state index in [1.807, 2.05) is 12.1 Å². The maximum absolute atomic E-state index is 13.6. The van der Waals surface area contributed by atoms with Crippen LogP contribution in [0.15, 0.2) is 42.5 Å². The van der Waals surface area contributed by atoms with Gasteiger partial charge in [-0.1, -0.05) is 24.3 Å². The Labute approximate surface area is 145 Å². The molecule has 0 aromatic heterocycles. The van der Waals surface area contributed by atoms with Crippen molar-refractivity contribution in [2.45, 2.75) is 31.1 Å². The summed E-state index contributed by atoms with van der Waals surface area (Å²) in [6.45, 7) is 0. The summed E-state index contributed by atoms with van der Waals surface area (Å²) >= 11 is 0. The molecule has 1 saturated carbocycles. The molecule has 1 fully saturated rings. The highest BCUT2D eigenvalue weighted by Gasteiger charge is 2.60. The lowest BCUT2D eigenvalue weighted by atomic mass is 9.78. The number of halogens is 1. The lowest BCUT2D eigenvalue weighted by molar-refractivity contribution is -0.117. The molecule has 2 aliphatic rings. The first-order chi connectivity index (χ1) is 12.0. The zero-order chi connectivity index (χ0) is 17.6. The van der Waals surface area contributed by atoms with E-state index in [1.54, 1.807) is 0 Å². The number of nitrogens with one attached hydrogen (secondary N) is 1. The van der Waals surface area contributed by atoms with Crippen molar-refractivity contribution in [3.8, 4) is 0 Å². The third-order valence-electron chi connectivity index (χ3n) is 5.51. The second-order valence-corrected chi connectivity index (χ2v) is 6.97. The van der Waals surface area contributed by atoms with Crippen LogP contribution in [0.1, 0.15) is 40.7 Å². The first-order valence-corrected chi connectivity index (χ1v) is 8.50. The lowest BCUT2D eigenvalue weighted by Gasteiger charge is -2.26. The van der Waals surface area contributed by atoms with Crippen LogP contribution >= 0.6 is 0 Å². The number of nitrogens with two attached hydrogens (primary N) is 1. The summed E-state index contributed by atoms with van der Waals surface area (Å²) < 4.78 is 13.6. The second kappa shape index (κ2) is 5.69. The maximum atomic E-state index is 13.6. The van der Waals surface area contributed by atoms with Crippen molar-refractivity contribution in [1.29, 1.82) is 0 Å². The Morgan fingerprint density at radius 3 is 2.80 bits per heavy atom. The van der Waals surface area contributed by atoms with Crippen LogP contribution in [0.3, 0.4) is 0 Å². The van der Waals surface area contributed by atoms with Gasteiger partial charge in [-0.15, -0.1) is 0 Å². The minimum atomic E-state index is -0.849. The van der Waals surface area contributed by atoms with Gasteiger partial charge in [0.15, 0.2) is 0 Å². The van der Waals surface area contributed by atoms with Crippen molar-refractivity contribution >= 4 is 17.5 Å². The molecule has 2 amide bonds. The van der Waals surface area contributed by atoms with Crippen LogP contribution in [0.25, 0.3) is 0 Å². The number of hydrogen-bond donors (Lipinski definition) is 2. The third kappa shape index (κ3) is 2.60. The van der Waals surface area contributed by atoms with Gasteiger partial charge in [-0.25, -0.2) is 4.39 Å². The van der Waals surface area contributed by atoms with Gasteiger partial charge in [-0.3, -0.25) is 9.59 Å². The zero-order valence-electron chi connectivity index (χ0n) is 13.7. The molecule has 2 atom stereocenters. The molecule has 1 spiro atoms. The highest BCUT2D eigenvalue weighted by atomic mass is 19.1. The number of amides is 2. The summed E-state index contributed by atoms with van der Waals surface area (Å²) in [5, 5.41) is 2.82. The van der Waals surface area contributed by atoms with E-state index in [2.05, 4.69) is 17.4 Å². The summed E-state index contributed by atoms with van der Waals surface area (Å²) in [5.74, 6) is -1.71. The number of primary amides is 1. The van der Waals surface area contributed by atoms with E-state index in [-0.39, 0.29) is 22.8 Å². The molecule has 0 heterocycles. The molecule has 0 saturated heterocycles. The first kappa shape index (κ1) is 15.8. The van der Waals surface area contributed by atoms with Crippen LogP contribution in [0.4, 0.5) is 10.1 Å². The fraction of sp³-hybridized carbons (Fsp3) is 0.300. The maximum Gasteiger partial charge on any atom is 0.251 e. The summed E-state index contributed by atoms with van der Waals surface area (Å²) in [7, 11) is 0. The van der Waals surface area contributed by atoms with Gasteiger partial charge in [0, 0.05) is 17.0 Å². The van der Waals surface area contributed by atoms with Gasteiger partial charge in [-0.2, -0.15) is 0 Å². The normalized spacial score (nSPS) is 23.8. The van der Waals surface area contributed by atoms with Crippen molar-refractivity contribution in [1.82, 2.24) is 0 Å². The predicted molar refractivity (Wildman–Crippen MR) is 92.7 cm³/mol. The Morgan fingerprint density at radius 1 is 1.20 bits per heavy atom. The molecular weight excluding hydrogens is 319 g/mol. The van der Waals surface area contributed by atoms with E-state index in [1.165, 1.54) is 23.3 Å². The molecule has 2 aromatic rings. The van der Waals surface area contributed by atoms with E-state index in [4.69, 9.17) is 5.73 Å². The lowest BCUT2D eigenvalue weighted by Crippen LogP contribution is -2.25. The highest BCUT2D eigenvalue weighted by Crippen LogP contribution is 2.60. The van der Waals surface area contributed by atoms with Crippen molar-refractivity contribution < 1.29 is 14.0 Å². The first-order valence-electron chi connectivity index (χ1n) is 8.50. The fourth-order valence-corrected chi connectivity index (χ4v) is 4.20. The molecule has 5 heteroatoms. The van der Waals surface area contributed by atoms with Crippen molar-refractivity contribution in [2.24, 2.45) is 11.7 Å². The molecule has 2 unspecified atom stereocenters. The Kier molecular flexibility index (Phi) is 3.60. The summed E-state index contributed by atoms with van der Waals surface area (Å²) in [6, 6.07) is 12.2. The monoisotopic (exact) mass is 338 g/mol. The molecule has 3 N–H and O–H groups in total. The molecular formula is C20H19FN2O2. The summed E-state index contributed by atoms with van der Waals surface area (Å²) in [5.41, 5.74) is 7.90. The Morgan fingerprint density at radius 2 is 2.00 bits per heavy atom. The molecule has 0 aliphatic heterocycles. The average molecular weight is 338 g/mol. The molecule has 2 aliphatic carbocycles. The van der Waals surface area contributed by atoms with Crippen LogP contribution < -0.4 is 11.1 Å². The van der Waals surface area contributed by atoms with Gasteiger partial charge in [0.25, 0.3) is 5.91 Å². The number of carbonyl (C=O) groups is 2. The minimum Gasteiger partial charge on any atom is -0.366 e. The third-order valence-corrected chi connectivity index (χ3v) is 5.51. The quantitative estimate of drug-likeness (QED) is 0.902. The SMILES string of the molecule is NC(=O)c1cc(NC(=O)C2CC23CCCc2ccccc23)ccc1F. The van der Waals surface area contributed by atoms with E-state index in [0.717, 1.165) is 31.7 Å². The standard InChI is InChI=1S/C20H19FN2O2/c21-17-8-7-13(10-14(17)18(22)24)23-19(25)16-11-20(16)9-3-5-12-4-1-2-6-15(12)20/h1-2,4,6-8,10,16H,3,5,9,11H2,(H2,22,24)(H,23,25). The smallest absolute Gasteiger partial charge is 0.251 e. The Balaban J connectivity index is 1.55. The van der Waals surface area contributed by atoms with Crippen molar-refractivity contribution in [2.75, 3.05) is 5.32 Å². The van der Waals surface area contributed by atoms with E-state index in [9.17, 15) is 14.0 Å². The fourth-order valence-electron chi connectivity index (χ4n) is 4.20. The average Bonchev–Trinajstić information content (AvgIpc) is 3.32. The molecule has 128 valence electrons. The summed E-state index contributed by atoms with van der Waals surface area (Å²) in [4.78, 5) is 24.0. The number of anilines is 1. The van der Waals surface area contributed by atoms with Crippen molar-refractivity contribution in [3.05, 3.63) is 65.0 Å². The van der Waals surface area contributed by atoms with E-state index < -0.39 is 11.7 Å². The van der Waals surface area contributed by atoms with Crippen LogP contribution in [0.5, 0.6) is 0 Å². The van der Waals surface area contributed by atoms with Gasteiger partial charge in [0.1, 0.15) is 5.82 Å². The van der Waals surface area contributed by atoms with Crippen molar-refractivity contribution in [3.63, 3.8) is 0 Å². The van der Waals surface area contributed by atoms with E-state index in [0.29, 0.717) is 5.69 Å². The van der Waals surface area contributed by atoms with Gasteiger partial charge in [-0.05, 0) is 55.0 Å². The number of rotatable bonds is 3. The number of hydrogen-bond acceptors (Lipinski definition) is 2. The largest absolute Gasteiger partial charge is 0.366 e. The molecule has 0 radical (unpaired) electrons. The summed E-state index contributed by atoms with van der Waals surface area (Å²) in [6.07, 6.45) is 3.99. The zero-order valence-corrected chi connectivity index (χ0v) is 13.7. The number of fused-ring (bicyclic) bond motifs is 2. The predicted octanol–water partition coefficient (Wildman–Crippen LogP) is 3.16. The molecule has 4 rings (SSSR count). The van der Waals surface area contributed by atoms with Crippen LogP contribution in [0, 0.1) is 11.7 Å². The molecule has 2 aromatic carbocycles. The topological polar surface area (TPSA) is 72.2 Å². The molecule has 25 heavy (non-hydrogen) atoms. The van der Waals surface area contributed by atoms with Crippen LogP contribution in [-0.4, -0.2) is 11.8 Å². The number of carbonyl (C=O) groups excluding carboxylic acids is 2. The van der Waals surface area contributed by atoms with Gasteiger partial charge < -0.3 is 11.1 Å². The molecule has 0 bridgehead atoms. The van der Waals surface area contributed by atoms with Gasteiger partial charge in [0.2, 0.25) is 5.91 Å². The molecule has 4 nitrogen and oxygen atoms in total. The van der Waals surface area contributed by atoms with Crippen LogP contribution in [-0.2, 0) is 16.6 Å². The van der Waals surface area contributed by atoms with E-state index >= 15 is 0 Å². The van der Waals surface area contributed by atoms with Gasteiger partial charge in [0.05, 0.1) is 5.56 Å². The highest BCUT2D eigenvalue weighted by molar-refractivity contribution is 5.98. The number of aryl methyl sites for hydroxylation is 1. The minimum absolute atomic E-state index is 0.0640. The Bertz CT molecular complexity index is 880. The number of benzene rings is 2.